The summed E-state index contributed by atoms with van der Waals surface area (Å²) in [4.78, 5) is 14.8. The lowest BCUT2D eigenvalue weighted by Crippen LogP contribution is -2.50. The summed E-state index contributed by atoms with van der Waals surface area (Å²) < 4.78 is 1.11. The first-order valence-corrected chi connectivity index (χ1v) is 6.47. The molecule has 1 aliphatic rings. The highest BCUT2D eigenvalue weighted by atomic mass is 79.9. The summed E-state index contributed by atoms with van der Waals surface area (Å²) in [5.74, 6) is 0.441. The Kier molecular flexibility index (Phi) is 5.24. The number of rotatable bonds is 3. The average Bonchev–Trinajstić information content (AvgIpc) is 2.48. The molecular weight excluding hydrogens is 312 g/mol. The molecule has 0 spiro atoms. The van der Waals surface area contributed by atoms with Gasteiger partial charge in [-0.25, -0.2) is 0 Å². The zero-order chi connectivity index (χ0) is 10.8. The fraction of sp³-hybridized carbons (Fsp3) is 0.500. The molecule has 3 nitrogen and oxygen atoms in total. The van der Waals surface area contributed by atoms with Crippen molar-refractivity contribution in [1.29, 1.82) is 0 Å². The number of halogens is 2. The Balaban J connectivity index is 0.00000128. The van der Waals surface area contributed by atoms with E-state index in [0.29, 0.717) is 6.54 Å². The van der Waals surface area contributed by atoms with Gasteiger partial charge in [0.25, 0.3) is 0 Å². The Hall–Kier alpha value is -0.100. The minimum absolute atomic E-state index is 0. The molecule has 2 heterocycles. The minimum Gasteiger partial charge on any atom is -0.340 e. The van der Waals surface area contributed by atoms with Crippen LogP contribution in [0.3, 0.4) is 0 Å². The molecule has 90 valence electrons. The smallest absolute Gasteiger partial charge is 0.228 e. The van der Waals surface area contributed by atoms with Gasteiger partial charge >= 0.3 is 0 Å². The Morgan fingerprint density at radius 1 is 1.62 bits per heavy atom. The lowest BCUT2D eigenvalue weighted by Gasteiger charge is -2.30. The largest absolute Gasteiger partial charge is 0.340 e. The molecule has 0 atom stereocenters. The first-order valence-electron chi connectivity index (χ1n) is 4.86. The topological polar surface area (TPSA) is 32.3 Å². The maximum Gasteiger partial charge on any atom is 0.228 e. The van der Waals surface area contributed by atoms with Gasteiger partial charge in [-0.3, -0.25) is 4.79 Å². The quantitative estimate of drug-likeness (QED) is 0.923. The highest BCUT2D eigenvalue weighted by Crippen LogP contribution is 2.23. The molecule has 0 aromatic carbocycles. The molecule has 1 aliphatic heterocycles. The van der Waals surface area contributed by atoms with Crippen molar-refractivity contribution < 1.29 is 4.79 Å². The molecule has 1 amide bonds. The number of carbonyl (C=O) groups excluding carboxylic acids is 1. The van der Waals surface area contributed by atoms with Gasteiger partial charge in [-0.05, 0) is 28.1 Å². The number of nitrogens with one attached hydrogen (secondary N) is 1. The van der Waals surface area contributed by atoms with E-state index in [0.717, 1.165) is 16.9 Å². The molecule has 1 N–H and O–H groups in total. The predicted octanol–water partition coefficient (Wildman–Crippen LogP) is 2.11. The monoisotopic (exact) mass is 324 g/mol. The maximum absolute atomic E-state index is 11.8. The predicted molar refractivity (Wildman–Crippen MR) is 72.1 cm³/mol. The number of thiophene rings is 1. The van der Waals surface area contributed by atoms with E-state index in [1.165, 1.54) is 4.88 Å². The molecule has 16 heavy (non-hydrogen) atoms. The Morgan fingerprint density at radius 3 is 2.75 bits per heavy atom. The van der Waals surface area contributed by atoms with E-state index in [-0.39, 0.29) is 24.2 Å². The summed E-state index contributed by atoms with van der Waals surface area (Å²) in [7, 11) is 1.87. The number of amides is 1. The van der Waals surface area contributed by atoms with Crippen LogP contribution in [0.2, 0.25) is 0 Å². The lowest BCUT2D eigenvalue weighted by atomic mass is 10.0. The molecule has 6 heteroatoms. The van der Waals surface area contributed by atoms with E-state index in [2.05, 4.69) is 27.3 Å². The number of hydrogen-bond acceptors (Lipinski definition) is 3. The summed E-state index contributed by atoms with van der Waals surface area (Å²) in [6.07, 6.45) is 0. The highest BCUT2D eigenvalue weighted by Gasteiger charge is 2.27. The Bertz CT molecular complexity index is 367. The minimum atomic E-state index is 0. The van der Waals surface area contributed by atoms with Crippen molar-refractivity contribution in [3.63, 3.8) is 0 Å². The van der Waals surface area contributed by atoms with Crippen LogP contribution in [0.15, 0.2) is 15.9 Å². The van der Waals surface area contributed by atoms with Crippen LogP contribution >= 0.6 is 39.7 Å². The summed E-state index contributed by atoms with van der Waals surface area (Å²) in [6, 6.07) is 4.07. The molecular formula is C10H14BrClN2OS. The van der Waals surface area contributed by atoms with Crippen molar-refractivity contribution in [2.24, 2.45) is 5.92 Å². The highest BCUT2D eigenvalue weighted by molar-refractivity contribution is 9.11. The second kappa shape index (κ2) is 6.00. The molecule has 0 aliphatic carbocycles. The first-order chi connectivity index (χ1) is 7.16. The van der Waals surface area contributed by atoms with Gasteiger partial charge in [0, 0.05) is 25.0 Å². The third-order valence-electron chi connectivity index (χ3n) is 2.53. The molecule has 1 fully saturated rings. The zero-order valence-corrected chi connectivity index (χ0v) is 12.1. The summed E-state index contributed by atoms with van der Waals surface area (Å²) >= 11 is 5.10. The van der Waals surface area contributed by atoms with Gasteiger partial charge in [-0.15, -0.1) is 23.7 Å². The Morgan fingerprint density at radius 2 is 2.31 bits per heavy atom. The molecule has 1 aromatic heterocycles. The van der Waals surface area contributed by atoms with E-state index in [1.807, 2.05) is 18.0 Å². The third-order valence-corrected chi connectivity index (χ3v) is 4.14. The van der Waals surface area contributed by atoms with Crippen molar-refractivity contribution in [3.8, 4) is 0 Å². The number of hydrogen-bond donors (Lipinski definition) is 1. The molecule has 2 rings (SSSR count). The number of nitrogens with zero attached hydrogens (tertiary/aromatic N) is 1. The van der Waals surface area contributed by atoms with Crippen LogP contribution in [-0.4, -0.2) is 30.9 Å². The van der Waals surface area contributed by atoms with E-state index in [4.69, 9.17) is 0 Å². The van der Waals surface area contributed by atoms with Gasteiger partial charge in [0.2, 0.25) is 5.91 Å². The Labute approximate surface area is 114 Å². The zero-order valence-electron chi connectivity index (χ0n) is 8.90. The van der Waals surface area contributed by atoms with Gasteiger partial charge in [-0.2, -0.15) is 0 Å². The van der Waals surface area contributed by atoms with Gasteiger partial charge in [-0.1, -0.05) is 0 Å². The molecule has 1 saturated heterocycles. The fourth-order valence-corrected chi connectivity index (χ4v) is 3.06. The van der Waals surface area contributed by atoms with Crippen LogP contribution in [0.25, 0.3) is 0 Å². The lowest BCUT2D eigenvalue weighted by molar-refractivity contribution is -0.136. The molecule has 0 saturated carbocycles. The van der Waals surface area contributed by atoms with Gasteiger partial charge < -0.3 is 10.2 Å². The van der Waals surface area contributed by atoms with Crippen molar-refractivity contribution in [2.75, 3.05) is 20.1 Å². The molecule has 0 radical (unpaired) electrons. The van der Waals surface area contributed by atoms with Crippen LogP contribution in [0, 0.1) is 5.92 Å². The third kappa shape index (κ3) is 3.20. The second-order valence-corrected chi connectivity index (χ2v) is 6.30. The average molecular weight is 326 g/mol. The van der Waals surface area contributed by atoms with Crippen molar-refractivity contribution in [3.05, 3.63) is 20.8 Å². The van der Waals surface area contributed by atoms with E-state index in [1.54, 1.807) is 11.3 Å². The molecule has 0 unspecified atom stereocenters. The summed E-state index contributed by atoms with van der Waals surface area (Å²) in [5.41, 5.74) is 0. The van der Waals surface area contributed by atoms with Crippen molar-refractivity contribution >= 4 is 45.6 Å². The summed E-state index contributed by atoms with van der Waals surface area (Å²) in [5, 5.41) is 3.11. The van der Waals surface area contributed by atoms with E-state index in [9.17, 15) is 4.79 Å². The van der Waals surface area contributed by atoms with E-state index >= 15 is 0 Å². The van der Waals surface area contributed by atoms with Crippen molar-refractivity contribution in [2.45, 2.75) is 6.54 Å². The van der Waals surface area contributed by atoms with Crippen LogP contribution in [0.1, 0.15) is 4.88 Å². The first kappa shape index (κ1) is 14.0. The van der Waals surface area contributed by atoms with Crippen LogP contribution in [-0.2, 0) is 11.3 Å². The van der Waals surface area contributed by atoms with Gasteiger partial charge in [0.05, 0.1) is 16.2 Å². The molecule has 0 bridgehead atoms. The standard InChI is InChI=1S/C10H13BrN2OS.ClH/c1-13(10(14)7-4-12-5-7)6-8-2-3-9(11)15-8;/h2-3,7,12H,4-6H2,1H3;1H. The van der Waals surface area contributed by atoms with Gasteiger partial charge in [0.1, 0.15) is 0 Å². The molecule has 1 aromatic rings. The van der Waals surface area contributed by atoms with Crippen LogP contribution in [0.5, 0.6) is 0 Å². The maximum atomic E-state index is 11.8. The van der Waals surface area contributed by atoms with Crippen LogP contribution in [0.4, 0.5) is 0 Å². The normalized spacial score (nSPS) is 15.1. The number of carbonyl (C=O) groups is 1. The van der Waals surface area contributed by atoms with Crippen molar-refractivity contribution in [1.82, 2.24) is 10.2 Å². The second-order valence-electron chi connectivity index (χ2n) is 3.76. The fourth-order valence-electron chi connectivity index (χ4n) is 1.52. The van der Waals surface area contributed by atoms with Crippen LogP contribution < -0.4 is 5.32 Å². The van der Waals surface area contributed by atoms with E-state index < -0.39 is 0 Å². The summed E-state index contributed by atoms with van der Waals surface area (Å²) in [6.45, 7) is 2.38. The SMILES string of the molecule is CN(Cc1ccc(Br)s1)C(=O)C1CNC1.Cl. The van der Waals surface area contributed by atoms with Gasteiger partial charge in [0.15, 0.2) is 0 Å².